The van der Waals surface area contributed by atoms with E-state index in [0.29, 0.717) is 22.9 Å². The molecule has 2 aromatic rings. The standard InChI is InChI=1S/C16H17ClN4O3S/c1-21(13-6-7-25(23,24)9-13)15-8-14(18-10-19-15)16(22)20-12-4-2-11(17)3-5-12/h2-5,8,10,13H,6-7,9H2,1H3,(H,20,22). The Morgan fingerprint density at radius 2 is 2.00 bits per heavy atom. The molecule has 1 aromatic heterocycles. The number of sulfone groups is 1. The lowest BCUT2D eigenvalue weighted by Gasteiger charge is -2.24. The molecule has 132 valence electrons. The Bertz CT molecular complexity index is 887. The van der Waals surface area contributed by atoms with Crippen molar-refractivity contribution in [3.8, 4) is 0 Å². The summed E-state index contributed by atoms with van der Waals surface area (Å²) in [6, 6.07) is 8.15. The summed E-state index contributed by atoms with van der Waals surface area (Å²) in [6.07, 6.45) is 1.85. The summed E-state index contributed by atoms with van der Waals surface area (Å²) in [5.74, 6) is 0.411. The van der Waals surface area contributed by atoms with Crippen molar-refractivity contribution in [1.82, 2.24) is 9.97 Å². The second-order valence-corrected chi connectivity index (χ2v) is 8.56. The first-order valence-corrected chi connectivity index (χ1v) is 9.86. The third kappa shape index (κ3) is 4.26. The van der Waals surface area contributed by atoms with Crippen LogP contribution in [-0.4, -0.2) is 48.9 Å². The minimum Gasteiger partial charge on any atom is -0.356 e. The molecule has 1 aliphatic rings. The summed E-state index contributed by atoms with van der Waals surface area (Å²) < 4.78 is 23.3. The molecule has 0 spiro atoms. The van der Waals surface area contributed by atoms with Crippen LogP contribution in [0.5, 0.6) is 0 Å². The van der Waals surface area contributed by atoms with Crippen molar-refractivity contribution in [3.63, 3.8) is 0 Å². The largest absolute Gasteiger partial charge is 0.356 e. The number of amides is 1. The fourth-order valence-electron chi connectivity index (χ4n) is 2.66. The third-order valence-corrected chi connectivity index (χ3v) is 6.11. The van der Waals surface area contributed by atoms with Crippen LogP contribution in [0.3, 0.4) is 0 Å². The minimum atomic E-state index is -2.99. The number of hydrogen-bond donors (Lipinski definition) is 1. The highest BCUT2D eigenvalue weighted by molar-refractivity contribution is 7.91. The number of carbonyl (C=O) groups is 1. The van der Waals surface area contributed by atoms with Crippen molar-refractivity contribution in [2.24, 2.45) is 0 Å². The van der Waals surface area contributed by atoms with Gasteiger partial charge < -0.3 is 10.2 Å². The molecule has 2 heterocycles. The molecule has 3 rings (SSSR count). The van der Waals surface area contributed by atoms with E-state index in [0.717, 1.165) is 0 Å². The van der Waals surface area contributed by atoms with Gasteiger partial charge in [-0.25, -0.2) is 18.4 Å². The Morgan fingerprint density at radius 1 is 1.28 bits per heavy atom. The maximum absolute atomic E-state index is 12.3. The number of nitrogens with one attached hydrogen (secondary N) is 1. The summed E-state index contributed by atoms with van der Waals surface area (Å²) in [7, 11) is -1.22. The van der Waals surface area contributed by atoms with Gasteiger partial charge in [0.1, 0.15) is 17.8 Å². The summed E-state index contributed by atoms with van der Waals surface area (Å²) in [6.45, 7) is 0. The smallest absolute Gasteiger partial charge is 0.274 e. The topological polar surface area (TPSA) is 92.3 Å². The zero-order chi connectivity index (χ0) is 18.0. The van der Waals surface area contributed by atoms with Gasteiger partial charge in [0.15, 0.2) is 9.84 Å². The zero-order valence-corrected chi connectivity index (χ0v) is 15.1. The van der Waals surface area contributed by atoms with Crippen molar-refractivity contribution in [3.05, 3.63) is 47.4 Å². The number of benzene rings is 1. The van der Waals surface area contributed by atoms with Crippen molar-refractivity contribution < 1.29 is 13.2 Å². The fourth-order valence-corrected chi connectivity index (χ4v) is 4.56. The van der Waals surface area contributed by atoms with Crippen LogP contribution in [0.15, 0.2) is 36.7 Å². The monoisotopic (exact) mass is 380 g/mol. The number of hydrogen-bond acceptors (Lipinski definition) is 6. The van der Waals surface area contributed by atoms with Crippen LogP contribution >= 0.6 is 11.6 Å². The number of anilines is 2. The molecule has 1 N–H and O–H groups in total. The molecule has 1 fully saturated rings. The Balaban J connectivity index is 1.74. The fraction of sp³-hybridized carbons (Fsp3) is 0.312. The van der Waals surface area contributed by atoms with E-state index in [4.69, 9.17) is 11.6 Å². The van der Waals surface area contributed by atoms with Gasteiger partial charge in [-0.2, -0.15) is 0 Å². The molecule has 1 unspecified atom stereocenters. The number of halogens is 1. The quantitative estimate of drug-likeness (QED) is 0.872. The molecule has 1 saturated heterocycles. The number of aromatic nitrogens is 2. The first-order valence-electron chi connectivity index (χ1n) is 7.66. The van der Waals surface area contributed by atoms with Crippen LogP contribution in [0, 0.1) is 0 Å². The van der Waals surface area contributed by atoms with Gasteiger partial charge in [-0.05, 0) is 30.7 Å². The highest BCUT2D eigenvalue weighted by Crippen LogP contribution is 2.22. The Morgan fingerprint density at radius 3 is 2.64 bits per heavy atom. The maximum atomic E-state index is 12.3. The van der Waals surface area contributed by atoms with Gasteiger partial charge in [-0.3, -0.25) is 4.79 Å². The molecule has 0 aliphatic carbocycles. The average molecular weight is 381 g/mol. The van der Waals surface area contributed by atoms with E-state index in [1.165, 1.54) is 6.33 Å². The summed E-state index contributed by atoms with van der Waals surface area (Å²) in [5, 5.41) is 3.31. The molecule has 0 saturated carbocycles. The Labute approximate surface area is 151 Å². The lowest BCUT2D eigenvalue weighted by atomic mass is 10.2. The lowest BCUT2D eigenvalue weighted by Crippen LogP contribution is -2.33. The van der Waals surface area contributed by atoms with Gasteiger partial charge in [0, 0.05) is 29.9 Å². The second kappa shape index (κ2) is 6.97. The maximum Gasteiger partial charge on any atom is 0.274 e. The van der Waals surface area contributed by atoms with Crippen molar-refractivity contribution in [2.75, 3.05) is 28.8 Å². The molecule has 9 heteroatoms. The zero-order valence-electron chi connectivity index (χ0n) is 13.5. The van der Waals surface area contributed by atoms with E-state index in [1.807, 2.05) is 0 Å². The molecule has 0 bridgehead atoms. The van der Waals surface area contributed by atoms with Gasteiger partial charge in [-0.15, -0.1) is 0 Å². The van der Waals surface area contributed by atoms with E-state index < -0.39 is 9.84 Å². The molecular weight excluding hydrogens is 364 g/mol. The number of nitrogens with zero attached hydrogens (tertiary/aromatic N) is 3. The van der Waals surface area contributed by atoms with Crippen molar-refractivity contribution in [2.45, 2.75) is 12.5 Å². The molecule has 1 atom stereocenters. The minimum absolute atomic E-state index is 0.0970. The lowest BCUT2D eigenvalue weighted by molar-refractivity contribution is 0.102. The normalized spacial score (nSPS) is 18.7. The molecule has 25 heavy (non-hydrogen) atoms. The predicted octanol–water partition coefficient (Wildman–Crippen LogP) is 2.01. The van der Waals surface area contributed by atoms with Crippen LogP contribution in [0.25, 0.3) is 0 Å². The molecule has 1 amide bonds. The molecule has 0 radical (unpaired) electrons. The summed E-state index contributed by atoms with van der Waals surface area (Å²) >= 11 is 5.82. The predicted molar refractivity (Wildman–Crippen MR) is 96.9 cm³/mol. The summed E-state index contributed by atoms with van der Waals surface area (Å²) in [4.78, 5) is 22.3. The third-order valence-electron chi connectivity index (χ3n) is 4.10. The van der Waals surface area contributed by atoms with E-state index in [9.17, 15) is 13.2 Å². The highest BCUT2D eigenvalue weighted by Gasteiger charge is 2.31. The van der Waals surface area contributed by atoms with Crippen LogP contribution in [0.4, 0.5) is 11.5 Å². The SMILES string of the molecule is CN(c1cc(C(=O)Nc2ccc(Cl)cc2)ncn1)C1CCS(=O)(=O)C1. The van der Waals surface area contributed by atoms with Gasteiger partial charge in [0.2, 0.25) is 0 Å². The van der Waals surface area contributed by atoms with Crippen LogP contribution in [0.1, 0.15) is 16.9 Å². The number of carbonyl (C=O) groups excluding carboxylic acids is 1. The number of rotatable bonds is 4. The highest BCUT2D eigenvalue weighted by atomic mass is 35.5. The van der Waals surface area contributed by atoms with Crippen molar-refractivity contribution in [1.29, 1.82) is 0 Å². The molecular formula is C16H17ClN4O3S. The van der Waals surface area contributed by atoms with Gasteiger partial charge in [-0.1, -0.05) is 11.6 Å². The van der Waals surface area contributed by atoms with Gasteiger partial charge in [0.05, 0.1) is 11.5 Å². The Hall–Kier alpha value is -2.19. The average Bonchev–Trinajstić information content (AvgIpc) is 2.96. The van der Waals surface area contributed by atoms with Crippen LogP contribution in [0.2, 0.25) is 5.02 Å². The first-order chi connectivity index (χ1) is 11.8. The van der Waals surface area contributed by atoms with E-state index >= 15 is 0 Å². The molecule has 7 nitrogen and oxygen atoms in total. The van der Waals surface area contributed by atoms with Crippen LogP contribution < -0.4 is 10.2 Å². The molecule has 1 aliphatic heterocycles. The van der Waals surface area contributed by atoms with E-state index in [2.05, 4.69) is 15.3 Å². The Kier molecular flexibility index (Phi) is 4.91. The summed E-state index contributed by atoms with van der Waals surface area (Å²) in [5.41, 5.74) is 0.803. The molecule has 1 aromatic carbocycles. The van der Waals surface area contributed by atoms with Crippen LogP contribution in [-0.2, 0) is 9.84 Å². The van der Waals surface area contributed by atoms with Gasteiger partial charge >= 0.3 is 0 Å². The first kappa shape index (κ1) is 17.6. The van der Waals surface area contributed by atoms with Gasteiger partial charge in [0.25, 0.3) is 5.91 Å². The second-order valence-electron chi connectivity index (χ2n) is 5.89. The van der Waals surface area contributed by atoms with E-state index in [1.54, 1.807) is 42.3 Å². The van der Waals surface area contributed by atoms with E-state index in [-0.39, 0.29) is 29.1 Å². The van der Waals surface area contributed by atoms with Crippen molar-refractivity contribution >= 4 is 38.9 Å².